The summed E-state index contributed by atoms with van der Waals surface area (Å²) in [7, 11) is 0. The number of hydrogen-bond donors (Lipinski definition) is 0. The van der Waals surface area contributed by atoms with Crippen LogP contribution in [0.25, 0.3) is 5.82 Å². The summed E-state index contributed by atoms with van der Waals surface area (Å²) in [6.45, 7) is 0. The fourth-order valence-corrected chi connectivity index (χ4v) is 1.07. The van der Waals surface area contributed by atoms with Crippen molar-refractivity contribution in [1.82, 2.24) is 9.55 Å². The van der Waals surface area contributed by atoms with Crippen molar-refractivity contribution in [2.24, 2.45) is 0 Å². The average Bonchev–Trinajstić information content (AvgIpc) is 2.20. The Bertz CT molecular complexity index is 448. The molecular weight excluding hydrogens is 164 g/mol. The first-order chi connectivity index (χ1) is 6.38. The zero-order valence-electron chi connectivity index (χ0n) is 6.84. The molecule has 0 aliphatic heterocycles. The van der Waals surface area contributed by atoms with E-state index in [1.807, 2.05) is 0 Å². The Labute approximate surface area is 75.3 Å². The second-order valence-electron chi connectivity index (χ2n) is 2.53. The van der Waals surface area contributed by atoms with E-state index in [-0.39, 0.29) is 5.56 Å². The molecule has 63 valence electrons. The van der Waals surface area contributed by atoms with E-state index in [4.69, 9.17) is 0 Å². The third-order valence-corrected chi connectivity index (χ3v) is 1.66. The Hall–Kier alpha value is -1.90. The molecule has 2 aromatic rings. The molecule has 0 saturated heterocycles. The smallest absolute Gasteiger partial charge is 0.256 e. The monoisotopic (exact) mass is 171 g/mol. The molecule has 2 heterocycles. The van der Waals surface area contributed by atoms with Gasteiger partial charge < -0.3 is 0 Å². The topological polar surface area (TPSA) is 34.9 Å². The fraction of sp³-hybridized carbons (Fsp3) is 0. The van der Waals surface area contributed by atoms with Crippen molar-refractivity contribution in [2.75, 3.05) is 0 Å². The van der Waals surface area contributed by atoms with Crippen molar-refractivity contribution in [3.05, 3.63) is 59.1 Å². The zero-order valence-corrected chi connectivity index (χ0v) is 6.84. The second kappa shape index (κ2) is 3.23. The maximum absolute atomic E-state index is 11.3. The lowest BCUT2D eigenvalue weighted by Gasteiger charge is -2.01. The van der Waals surface area contributed by atoms with Crippen molar-refractivity contribution >= 4 is 0 Å². The highest BCUT2D eigenvalue weighted by molar-refractivity contribution is 5.21. The van der Waals surface area contributed by atoms with Crippen molar-refractivity contribution < 1.29 is 0 Å². The van der Waals surface area contributed by atoms with Crippen LogP contribution in [0.5, 0.6) is 0 Å². The van der Waals surface area contributed by atoms with Crippen LogP contribution in [0, 0.1) is 6.20 Å². The van der Waals surface area contributed by atoms with Crippen LogP contribution in [0.4, 0.5) is 0 Å². The Kier molecular flexibility index (Phi) is 1.92. The molecule has 0 unspecified atom stereocenters. The summed E-state index contributed by atoms with van der Waals surface area (Å²) in [4.78, 5) is 15.3. The highest BCUT2D eigenvalue weighted by atomic mass is 16.1. The van der Waals surface area contributed by atoms with Crippen molar-refractivity contribution in [3.63, 3.8) is 0 Å². The van der Waals surface area contributed by atoms with Gasteiger partial charge in [0.25, 0.3) is 5.56 Å². The van der Waals surface area contributed by atoms with Crippen LogP contribution >= 0.6 is 0 Å². The van der Waals surface area contributed by atoms with E-state index in [0.717, 1.165) is 0 Å². The SMILES string of the molecule is O=c1ccccn1-c1ccc[c]n1. The molecule has 3 heteroatoms. The summed E-state index contributed by atoms with van der Waals surface area (Å²) in [5.41, 5.74) is -0.0883. The number of hydrogen-bond acceptors (Lipinski definition) is 2. The predicted molar refractivity (Wildman–Crippen MR) is 48.7 cm³/mol. The van der Waals surface area contributed by atoms with Crippen LogP contribution in [0.15, 0.2) is 47.4 Å². The van der Waals surface area contributed by atoms with Crippen LogP contribution in [-0.2, 0) is 0 Å². The van der Waals surface area contributed by atoms with Gasteiger partial charge in [-0.3, -0.25) is 9.36 Å². The van der Waals surface area contributed by atoms with E-state index < -0.39 is 0 Å². The molecule has 0 fully saturated rings. The third-order valence-electron chi connectivity index (χ3n) is 1.66. The molecule has 0 atom stereocenters. The second-order valence-corrected chi connectivity index (χ2v) is 2.53. The largest absolute Gasteiger partial charge is 0.269 e. The normalized spacial score (nSPS) is 9.85. The Balaban J connectivity index is 2.60. The van der Waals surface area contributed by atoms with E-state index in [2.05, 4.69) is 11.2 Å². The van der Waals surface area contributed by atoms with Gasteiger partial charge in [-0.15, -0.1) is 0 Å². The van der Waals surface area contributed by atoms with E-state index in [0.29, 0.717) is 5.82 Å². The molecule has 0 aliphatic carbocycles. The summed E-state index contributed by atoms with van der Waals surface area (Å²) in [6.07, 6.45) is 4.36. The Morgan fingerprint density at radius 1 is 1.23 bits per heavy atom. The lowest BCUT2D eigenvalue weighted by molar-refractivity contribution is 0.939. The zero-order chi connectivity index (χ0) is 9.10. The van der Waals surface area contributed by atoms with Gasteiger partial charge in [0.05, 0.1) is 6.20 Å². The number of pyridine rings is 2. The minimum absolute atomic E-state index is 0.0883. The number of rotatable bonds is 1. The molecule has 2 rings (SSSR count). The van der Waals surface area contributed by atoms with E-state index in [1.165, 1.54) is 10.6 Å². The van der Waals surface area contributed by atoms with Crippen LogP contribution in [0.2, 0.25) is 0 Å². The highest BCUT2D eigenvalue weighted by Gasteiger charge is 1.96. The standard InChI is InChI=1S/C10H7N2O/c13-10-6-2-4-8-12(10)9-5-1-3-7-11-9/h1-6,8H. The molecule has 3 nitrogen and oxygen atoms in total. The van der Waals surface area contributed by atoms with Crippen molar-refractivity contribution in [2.45, 2.75) is 0 Å². The molecule has 0 N–H and O–H groups in total. The maximum Gasteiger partial charge on any atom is 0.256 e. The Morgan fingerprint density at radius 3 is 2.85 bits per heavy atom. The molecule has 0 aliphatic rings. The number of nitrogens with zero attached hydrogens (tertiary/aromatic N) is 2. The van der Waals surface area contributed by atoms with E-state index in [1.54, 1.807) is 36.5 Å². The van der Waals surface area contributed by atoms with Gasteiger partial charge in [0.2, 0.25) is 0 Å². The lowest BCUT2D eigenvalue weighted by Crippen LogP contribution is -2.16. The number of aromatic nitrogens is 2. The average molecular weight is 171 g/mol. The lowest BCUT2D eigenvalue weighted by atomic mass is 10.4. The van der Waals surface area contributed by atoms with E-state index in [9.17, 15) is 4.79 Å². The molecular formula is C10H7N2O. The van der Waals surface area contributed by atoms with Crippen LogP contribution in [-0.4, -0.2) is 9.55 Å². The van der Waals surface area contributed by atoms with Crippen molar-refractivity contribution in [3.8, 4) is 5.82 Å². The first-order valence-corrected chi connectivity index (χ1v) is 3.89. The van der Waals surface area contributed by atoms with E-state index >= 15 is 0 Å². The van der Waals surface area contributed by atoms with Gasteiger partial charge in [-0.1, -0.05) is 12.1 Å². The quantitative estimate of drug-likeness (QED) is 0.642. The summed E-state index contributed by atoms with van der Waals surface area (Å²) < 4.78 is 1.47. The van der Waals surface area contributed by atoms with Crippen molar-refractivity contribution in [1.29, 1.82) is 0 Å². The minimum atomic E-state index is -0.0883. The van der Waals surface area contributed by atoms with Gasteiger partial charge in [0.15, 0.2) is 0 Å². The first-order valence-electron chi connectivity index (χ1n) is 3.89. The van der Waals surface area contributed by atoms with Crippen LogP contribution in [0.1, 0.15) is 0 Å². The third kappa shape index (κ3) is 1.49. The summed E-state index contributed by atoms with van der Waals surface area (Å²) in [5.74, 6) is 0.591. The molecule has 1 radical (unpaired) electrons. The summed E-state index contributed by atoms with van der Waals surface area (Å²) in [6, 6.07) is 10.2. The van der Waals surface area contributed by atoms with Gasteiger partial charge in [-0.2, -0.15) is 0 Å². The molecule has 13 heavy (non-hydrogen) atoms. The van der Waals surface area contributed by atoms with Gasteiger partial charge in [-0.25, -0.2) is 4.98 Å². The molecule has 2 aromatic heterocycles. The first kappa shape index (κ1) is 7.73. The van der Waals surface area contributed by atoms with Gasteiger partial charge in [-0.05, 0) is 18.2 Å². The van der Waals surface area contributed by atoms with Crippen LogP contribution in [0.3, 0.4) is 0 Å². The Morgan fingerprint density at radius 2 is 2.15 bits per heavy atom. The molecule has 0 spiro atoms. The molecule has 0 saturated carbocycles. The summed E-state index contributed by atoms with van der Waals surface area (Å²) in [5, 5.41) is 0. The highest BCUT2D eigenvalue weighted by Crippen LogP contribution is 1.97. The fourth-order valence-electron chi connectivity index (χ4n) is 1.07. The van der Waals surface area contributed by atoms with Gasteiger partial charge in [0.1, 0.15) is 5.82 Å². The summed E-state index contributed by atoms with van der Waals surface area (Å²) >= 11 is 0. The molecule has 0 amide bonds. The van der Waals surface area contributed by atoms with Crippen LogP contribution < -0.4 is 5.56 Å². The minimum Gasteiger partial charge on any atom is -0.269 e. The predicted octanol–water partition coefficient (Wildman–Crippen LogP) is 1.03. The van der Waals surface area contributed by atoms with Gasteiger partial charge in [0, 0.05) is 12.3 Å². The van der Waals surface area contributed by atoms with Gasteiger partial charge >= 0.3 is 0 Å². The maximum atomic E-state index is 11.3. The molecule has 0 bridgehead atoms. The molecule has 0 aromatic carbocycles.